The molecule has 0 aliphatic rings. The molecule has 0 aliphatic carbocycles. The fraction of sp³-hybridized carbons (Fsp3) is 0.455. The van der Waals surface area contributed by atoms with E-state index in [0.29, 0.717) is 17.1 Å². The van der Waals surface area contributed by atoms with Crippen LogP contribution in [0.15, 0.2) is 18.5 Å². The normalized spacial score (nSPS) is 10.6. The molecule has 16 heavy (non-hydrogen) atoms. The molecule has 1 rings (SSSR count). The molecule has 0 unspecified atom stereocenters. The number of likely N-dealkylation sites (N-methyl/N-ethyl adjacent to an activating group) is 2. The van der Waals surface area contributed by atoms with Gasteiger partial charge in [-0.3, -0.25) is 9.78 Å². The zero-order valence-electron chi connectivity index (χ0n) is 9.77. The Morgan fingerprint density at radius 3 is 2.56 bits per heavy atom. The van der Waals surface area contributed by atoms with E-state index < -0.39 is 0 Å². The molecule has 0 N–H and O–H groups in total. The van der Waals surface area contributed by atoms with Crippen LogP contribution in [0.1, 0.15) is 10.4 Å². The molecule has 0 radical (unpaired) electrons. The van der Waals surface area contributed by atoms with Gasteiger partial charge in [0.25, 0.3) is 5.91 Å². The van der Waals surface area contributed by atoms with Crippen molar-refractivity contribution in [2.24, 2.45) is 0 Å². The lowest BCUT2D eigenvalue weighted by atomic mass is 10.2. The molecule has 0 bridgehead atoms. The molecular weight excluding hydrogens is 226 g/mol. The lowest BCUT2D eigenvalue weighted by Crippen LogP contribution is -2.33. The molecule has 1 aromatic heterocycles. The fourth-order valence-electron chi connectivity index (χ4n) is 1.20. The maximum atomic E-state index is 11.9. The Bertz CT molecular complexity index is 368. The van der Waals surface area contributed by atoms with E-state index in [0.717, 1.165) is 6.54 Å². The van der Waals surface area contributed by atoms with E-state index in [-0.39, 0.29) is 5.91 Å². The quantitative estimate of drug-likeness (QED) is 0.799. The molecule has 88 valence electrons. The molecular formula is C11H16ClN3O. The lowest BCUT2D eigenvalue weighted by molar-refractivity contribution is 0.0786. The minimum Gasteiger partial charge on any atom is -0.340 e. The lowest BCUT2D eigenvalue weighted by Gasteiger charge is -2.19. The van der Waals surface area contributed by atoms with Crippen LogP contribution in [0.2, 0.25) is 5.02 Å². The second-order valence-corrected chi connectivity index (χ2v) is 4.36. The third-order valence-electron chi connectivity index (χ3n) is 2.18. The van der Waals surface area contributed by atoms with Crippen LogP contribution in [0.4, 0.5) is 0 Å². The van der Waals surface area contributed by atoms with E-state index >= 15 is 0 Å². The highest BCUT2D eigenvalue weighted by Crippen LogP contribution is 2.10. The van der Waals surface area contributed by atoms with Crippen LogP contribution in [0.25, 0.3) is 0 Å². The Hall–Kier alpha value is -1.13. The molecule has 0 aliphatic heterocycles. The Morgan fingerprint density at radius 1 is 1.31 bits per heavy atom. The Labute approximate surface area is 101 Å². The van der Waals surface area contributed by atoms with Crippen LogP contribution in [-0.4, -0.2) is 54.9 Å². The molecule has 0 spiro atoms. The number of rotatable bonds is 4. The van der Waals surface area contributed by atoms with Crippen molar-refractivity contribution < 1.29 is 4.79 Å². The van der Waals surface area contributed by atoms with E-state index in [9.17, 15) is 4.79 Å². The number of nitrogens with zero attached hydrogens (tertiary/aromatic N) is 3. The number of amides is 1. The number of aromatic nitrogens is 1. The summed E-state index contributed by atoms with van der Waals surface area (Å²) in [6.07, 6.45) is 3.04. The van der Waals surface area contributed by atoms with E-state index in [1.807, 2.05) is 19.0 Å². The maximum Gasteiger partial charge on any atom is 0.255 e. The minimum atomic E-state index is -0.0585. The second kappa shape index (κ2) is 5.82. The maximum absolute atomic E-state index is 11.9. The van der Waals surface area contributed by atoms with E-state index in [2.05, 4.69) is 4.98 Å². The van der Waals surface area contributed by atoms with Crippen molar-refractivity contribution in [1.82, 2.24) is 14.8 Å². The average Bonchev–Trinajstić information content (AvgIpc) is 2.24. The van der Waals surface area contributed by atoms with Gasteiger partial charge in [0.15, 0.2) is 0 Å². The van der Waals surface area contributed by atoms with E-state index in [4.69, 9.17) is 11.6 Å². The van der Waals surface area contributed by atoms with Gasteiger partial charge < -0.3 is 9.80 Å². The predicted molar refractivity (Wildman–Crippen MR) is 64.8 cm³/mol. The standard InChI is InChI=1S/C11H16ClN3O/c1-14(2)4-5-15(3)11(16)9-6-10(12)8-13-7-9/h6-8H,4-5H2,1-3H3. The third kappa shape index (κ3) is 3.79. The van der Waals surface area contributed by atoms with Crippen LogP contribution in [-0.2, 0) is 0 Å². The first kappa shape index (κ1) is 12.9. The zero-order chi connectivity index (χ0) is 12.1. The molecule has 1 heterocycles. The number of hydrogen-bond donors (Lipinski definition) is 0. The number of pyridine rings is 1. The van der Waals surface area contributed by atoms with Crippen molar-refractivity contribution in [2.45, 2.75) is 0 Å². The number of halogens is 1. The van der Waals surface area contributed by atoms with Gasteiger partial charge in [-0.15, -0.1) is 0 Å². The molecule has 4 nitrogen and oxygen atoms in total. The van der Waals surface area contributed by atoms with Crippen LogP contribution < -0.4 is 0 Å². The van der Waals surface area contributed by atoms with Gasteiger partial charge in [0.1, 0.15) is 0 Å². The van der Waals surface area contributed by atoms with Crippen LogP contribution in [0, 0.1) is 0 Å². The summed E-state index contributed by atoms with van der Waals surface area (Å²) >= 11 is 5.78. The van der Waals surface area contributed by atoms with Crippen molar-refractivity contribution in [3.8, 4) is 0 Å². The van der Waals surface area contributed by atoms with Crippen LogP contribution in [0.3, 0.4) is 0 Å². The third-order valence-corrected chi connectivity index (χ3v) is 2.39. The largest absolute Gasteiger partial charge is 0.340 e. The first-order valence-corrected chi connectivity index (χ1v) is 5.39. The molecule has 0 aromatic carbocycles. The summed E-state index contributed by atoms with van der Waals surface area (Å²) in [4.78, 5) is 19.5. The second-order valence-electron chi connectivity index (χ2n) is 3.92. The molecule has 1 aromatic rings. The SMILES string of the molecule is CN(C)CCN(C)C(=O)c1cncc(Cl)c1. The van der Waals surface area contributed by atoms with Gasteiger partial charge in [0.05, 0.1) is 10.6 Å². The summed E-state index contributed by atoms with van der Waals surface area (Å²) in [6, 6.07) is 1.63. The molecule has 5 heteroatoms. The Morgan fingerprint density at radius 2 is 2.00 bits per heavy atom. The summed E-state index contributed by atoms with van der Waals surface area (Å²) in [5, 5.41) is 0.479. The van der Waals surface area contributed by atoms with Crippen molar-refractivity contribution in [3.05, 3.63) is 29.0 Å². The van der Waals surface area contributed by atoms with Gasteiger partial charge >= 0.3 is 0 Å². The average molecular weight is 242 g/mol. The van der Waals surface area contributed by atoms with E-state index in [1.54, 1.807) is 18.0 Å². The number of carbonyl (C=O) groups excluding carboxylic acids is 1. The van der Waals surface area contributed by atoms with Crippen molar-refractivity contribution in [2.75, 3.05) is 34.2 Å². The van der Waals surface area contributed by atoms with Crippen LogP contribution >= 0.6 is 11.6 Å². The van der Waals surface area contributed by atoms with Crippen molar-refractivity contribution in [1.29, 1.82) is 0 Å². The van der Waals surface area contributed by atoms with Gasteiger partial charge in [-0.1, -0.05) is 11.6 Å². The molecule has 0 saturated heterocycles. The summed E-state index contributed by atoms with van der Waals surface area (Å²) in [7, 11) is 5.71. The highest BCUT2D eigenvalue weighted by Gasteiger charge is 2.12. The zero-order valence-corrected chi connectivity index (χ0v) is 10.5. The number of hydrogen-bond acceptors (Lipinski definition) is 3. The Kier molecular flexibility index (Phi) is 4.71. The Balaban J connectivity index is 2.63. The van der Waals surface area contributed by atoms with Gasteiger partial charge in [-0.05, 0) is 20.2 Å². The first-order valence-electron chi connectivity index (χ1n) is 5.01. The van der Waals surface area contributed by atoms with Crippen molar-refractivity contribution in [3.63, 3.8) is 0 Å². The first-order chi connectivity index (χ1) is 7.50. The topological polar surface area (TPSA) is 36.4 Å². The van der Waals surface area contributed by atoms with E-state index in [1.165, 1.54) is 12.4 Å². The highest BCUT2D eigenvalue weighted by atomic mass is 35.5. The molecule has 0 atom stereocenters. The molecule has 0 fully saturated rings. The minimum absolute atomic E-state index is 0.0585. The van der Waals surface area contributed by atoms with Gasteiger partial charge in [-0.2, -0.15) is 0 Å². The van der Waals surface area contributed by atoms with Gasteiger partial charge in [-0.25, -0.2) is 0 Å². The van der Waals surface area contributed by atoms with Crippen molar-refractivity contribution >= 4 is 17.5 Å². The summed E-state index contributed by atoms with van der Waals surface area (Å²) in [6.45, 7) is 1.51. The molecule has 1 amide bonds. The predicted octanol–water partition coefficient (Wildman–Crippen LogP) is 1.37. The monoisotopic (exact) mass is 241 g/mol. The number of carbonyl (C=O) groups is 1. The smallest absolute Gasteiger partial charge is 0.255 e. The highest BCUT2D eigenvalue weighted by molar-refractivity contribution is 6.30. The summed E-state index contributed by atoms with van der Waals surface area (Å²) < 4.78 is 0. The molecule has 0 saturated carbocycles. The van der Waals surface area contributed by atoms with Crippen LogP contribution in [0.5, 0.6) is 0 Å². The fourth-order valence-corrected chi connectivity index (χ4v) is 1.37. The van der Waals surface area contributed by atoms with Gasteiger partial charge in [0.2, 0.25) is 0 Å². The summed E-state index contributed by atoms with van der Waals surface area (Å²) in [5.41, 5.74) is 0.522. The van der Waals surface area contributed by atoms with Gasteiger partial charge in [0, 0.05) is 32.5 Å². The summed E-state index contributed by atoms with van der Waals surface area (Å²) in [5.74, 6) is -0.0585.